The van der Waals surface area contributed by atoms with E-state index in [0.29, 0.717) is 6.42 Å². The fourth-order valence-electron chi connectivity index (χ4n) is 4.59. The van der Waals surface area contributed by atoms with Gasteiger partial charge < -0.3 is 31.9 Å². The maximum Gasteiger partial charge on any atom is 0.305 e. The molecule has 12 heteroatoms. The number of halogens is 1. The molecular formula is C32H51ClN6O5. The van der Waals surface area contributed by atoms with Gasteiger partial charge in [-0.05, 0) is 100 Å². The highest BCUT2D eigenvalue weighted by molar-refractivity contribution is 5.85. The van der Waals surface area contributed by atoms with E-state index in [4.69, 9.17) is 15.9 Å². The molecule has 2 aliphatic heterocycles. The Hall–Kier alpha value is -3.44. The van der Waals surface area contributed by atoms with Crippen molar-refractivity contribution in [1.82, 2.24) is 15.3 Å². The Morgan fingerprint density at radius 3 is 1.73 bits per heavy atom. The number of hydrogen-bond donors (Lipinski definition) is 6. The summed E-state index contributed by atoms with van der Waals surface area (Å²) < 4.78 is 0. The number of aryl methyl sites for hydroxylation is 4. The number of carboxylic acid groups (broad SMARTS) is 2. The number of nitrogens with zero attached hydrogens (tertiary/aromatic N) is 2. The van der Waals surface area contributed by atoms with Gasteiger partial charge in [-0.1, -0.05) is 19.1 Å². The zero-order valence-electron chi connectivity index (χ0n) is 26.0. The monoisotopic (exact) mass is 634 g/mol. The molecule has 7 N–H and O–H groups in total. The van der Waals surface area contributed by atoms with Crippen LogP contribution in [0.1, 0.15) is 93.6 Å². The number of carbonyl (C=O) groups excluding carboxylic acids is 1. The van der Waals surface area contributed by atoms with Gasteiger partial charge in [0.2, 0.25) is 5.91 Å². The van der Waals surface area contributed by atoms with Gasteiger partial charge >= 0.3 is 11.9 Å². The zero-order chi connectivity index (χ0) is 31.3. The molecule has 2 aromatic rings. The van der Waals surface area contributed by atoms with E-state index in [0.717, 1.165) is 107 Å². The van der Waals surface area contributed by atoms with Crippen LogP contribution in [0.2, 0.25) is 0 Å². The third-order valence-electron chi connectivity index (χ3n) is 7.01. The summed E-state index contributed by atoms with van der Waals surface area (Å²) in [5, 5.41) is 26.3. The average Bonchev–Trinajstić information content (AvgIpc) is 3.01. The van der Waals surface area contributed by atoms with Crippen LogP contribution in [-0.2, 0) is 40.1 Å². The number of unbranched alkanes of at least 4 members (excludes halogenated alkanes) is 2. The molecular weight excluding hydrogens is 584 g/mol. The van der Waals surface area contributed by atoms with Gasteiger partial charge in [0.15, 0.2) is 0 Å². The fourth-order valence-corrected chi connectivity index (χ4v) is 4.59. The van der Waals surface area contributed by atoms with Gasteiger partial charge in [0.1, 0.15) is 11.6 Å². The second kappa shape index (κ2) is 23.0. The zero-order valence-corrected chi connectivity index (χ0v) is 26.9. The number of hydrogen-bond acceptors (Lipinski definition) is 8. The molecule has 0 aliphatic carbocycles. The van der Waals surface area contributed by atoms with Crippen molar-refractivity contribution in [2.75, 3.05) is 36.8 Å². The second-order valence-corrected chi connectivity index (χ2v) is 10.8. The summed E-state index contributed by atoms with van der Waals surface area (Å²) in [5.41, 5.74) is 9.72. The van der Waals surface area contributed by atoms with E-state index < -0.39 is 11.9 Å². The molecule has 0 aromatic carbocycles. The first-order valence-corrected chi connectivity index (χ1v) is 15.7. The lowest BCUT2D eigenvalue weighted by atomic mass is 10.1. The van der Waals surface area contributed by atoms with Crippen LogP contribution in [0.15, 0.2) is 24.3 Å². The molecule has 0 spiro atoms. The second-order valence-electron chi connectivity index (χ2n) is 10.8. The maximum absolute atomic E-state index is 11.5. The van der Waals surface area contributed by atoms with Crippen LogP contribution in [0, 0.1) is 0 Å². The molecule has 0 unspecified atom stereocenters. The summed E-state index contributed by atoms with van der Waals surface area (Å²) in [6.07, 6.45) is 11.3. The van der Waals surface area contributed by atoms with Crippen LogP contribution in [0.5, 0.6) is 0 Å². The van der Waals surface area contributed by atoms with Gasteiger partial charge in [-0.3, -0.25) is 14.4 Å². The Kier molecular flexibility index (Phi) is 20.2. The highest BCUT2D eigenvalue weighted by Gasteiger charge is 2.11. The lowest BCUT2D eigenvalue weighted by molar-refractivity contribution is -0.138. The summed E-state index contributed by atoms with van der Waals surface area (Å²) in [6.45, 7) is 5.06. The van der Waals surface area contributed by atoms with Crippen molar-refractivity contribution in [3.8, 4) is 0 Å². The number of rotatable bonds is 14. The minimum Gasteiger partial charge on any atom is -0.481 e. The van der Waals surface area contributed by atoms with Crippen molar-refractivity contribution >= 4 is 41.9 Å². The number of aromatic nitrogens is 2. The lowest BCUT2D eigenvalue weighted by Gasteiger charge is -2.17. The number of carbonyl (C=O) groups is 3. The molecule has 0 saturated carbocycles. The Balaban J connectivity index is 0.000000393. The Labute approximate surface area is 267 Å². The summed E-state index contributed by atoms with van der Waals surface area (Å²) in [7, 11) is 0. The van der Waals surface area contributed by atoms with Gasteiger partial charge in [-0.25, -0.2) is 9.97 Å². The first kappa shape index (κ1) is 38.6. The van der Waals surface area contributed by atoms with E-state index in [9.17, 15) is 14.4 Å². The molecule has 0 radical (unpaired) electrons. The van der Waals surface area contributed by atoms with E-state index in [2.05, 4.69) is 57.1 Å². The number of anilines is 2. The van der Waals surface area contributed by atoms with Crippen LogP contribution in [-0.4, -0.2) is 64.2 Å². The van der Waals surface area contributed by atoms with Gasteiger partial charge in [0.05, 0.1) is 6.42 Å². The quantitative estimate of drug-likeness (QED) is 0.159. The first-order chi connectivity index (χ1) is 20.8. The molecule has 246 valence electrons. The summed E-state index contributed by atoms with van der Waals surface area (Å²) >= 11 is 0. The fraction of sp³-hybridized carbons (Fsp3) is 0.594. The molecule has 4 rings (SSSR count). The van der Waals surface area contributed by atoms with Crippen molar-refractivity contribution in [3.05, 3.63) is 46.8 Å². The minimum atomic E-state index is -0.896. The predicted octanol–water partition coefficient (Wildman–Crippen LogP) is 4.76. The molecule has 2 aromatic heterocycles. The molecule has 11 nitrogen and oxygen atoms in total. The number of nitrogens with one attached hydrogen (secondary N) is 3. The average molecular weight is 635 g/mol. The number of amides is 1. The van der Waals surface area contributed by atoms with E-state index in [1.807, 2.05) is 0 Å². The third kappa shape index (κ3) is 16.4. The SMILES string of the molecule is CCCN.Cl.O=C(O)CCCCc1ccc2c(n1)NCCC2.O=C(O)CCNC(=O)CCCCc1ccc2c(n1)NCCC2. The Morgan fingerprint density at radius 2 is 1.27 bits per heavy atom. The molecule has 2 aliphatic rings. The lowest BCUT2D eigenvalue weighted by Crippen LogP contribution is -2.25. The highest BCUT2D eigenvalue weighted by atomic mass is 35.5. The number of aliphatic carboxylic acids is 2. The Morgan fingerprint density at radius 1 is 0.795 bits per heavy atom. The molecule has 44 heavy (non-hydrogen) atoms. The topological polar surface area (TPSA) is 180 Å². The van der Waals surface area contributed by atoms with Gasteiger partial charge in [0.25, 0.3) is 0 Å². The van der Waals surface area contributed by atoms with E-state index in [-0.39, 0.29) is 37.7 Å². The summed E-state index contributed by atoms with van der Waals surface area (Å²) in [4.78, 5) is 41.4. The number of fused-ring (bicyclic) bond motifs is 2. The van der Waals surface area contributed by atoms with Crippen molar-refractivity contribution in [2.24, 2.45) is 5.73 Å². The van der Waals surface area contributed by atoms with Crippen LogP contribution in [0.3, 0.4) is 0 Å². The molecule has 0 saturated heterocycles. The van der Waals surface area contributed by atoms with E-state index >= 15 is 0 Å². The maximum atomic E-state index is 11.5. The normalized spacial score (nSPS) is 12.6. The summed E-state index contributed by atoms with van der Waals surface area (Å²) in [6, 6.07) is 8.41. The minimum absolute atomic E-state index is 0. The number of pyridine rings is 2. The third-order valence-corrected chi connectivity index (χ3v) is 7.01. The van der Waals surface area contributed by atoms with Crippen molar-refractivity contribution in [1.29, 1.82) is 0 Å². The number of nitrogens with two attached hydrogens (primary N) is 1. The highest BCUT2D eigenvalue weighted by Crippen LogP contribution is 2.21. The van der Waals surface area contributed by atoms with Crippen LogP contribution in [0.25, 0.3) is 0 Å². The first-order valence-electron chi connectivity index (χ1n) is 15.7. The van der Waals surface area contributed by atoms with Crippen LogP contribution >= 0.6 is 12.4 Å². The standard InChI is InChI=1S/C16H23N3O3.C13H18N2O2.C3H9N.ClH/c20-14(17-11-9-15(21)22)6-2-1-5-13-8-7-12-4-3-10-18-16(12)19-13;16-12(17)6-2-1-5-11-8-7-10-4-3-9-14-13(10)15-11;1-2-3-4;/h7-8H,1-6,9-11H2,(H,17,20)(H,18,19)(H,21,22);7-8H,1-6,9H2,(H,14,15)(H,16,17);2-4H2,1H3;1H. The molecule has 0 atom stereocenters. The van der Waals surface area contributed by atoms with Gasteiger partial charge in [0, 0.05) is 43.9 Å². The van der Waals surface area contributed by atoms with Gasteiger partial charge in [-0.2, -0.15) is 0 Å². The van der Waals surface area contributed by atoms with Crippen molar-refractivity contribution in [2.45, 2.75) is 96.8 Å². The Bertz CT molecular complexity index is 1150. The molecule has 0 fully saturated rings. The van der Waals surface area contributed by atoms with Crippen molar-refractivity contribution < 1.29 is 24.6 Å². The predicted molar refractivity (Wildman–Crippen MR) is 177 cm³/mol. The molecule has 0 bridgehead atoms. The van der Waals surface area contributed by atoms with E-state index in [1.165, 1.54) is 17.5 Å². The van der Waals surface area contributed by atoms with Crippen LogP contribution < -0.4 is 21.7 Å². The molecule has 1 amide bonds. The molecule has 4 heterocycles. The largest absolute Gasteiger partial charge is 0.481 e. The summed E-state index contributed by atoms with van der Waals surface area (Å²) in [5.74, 6) is 0.334. The number of carboxylic acids is 2. The smallest absolute Gasteiger partial charge is 0.305 e. The van der Waals surface area contributed by atoms with E-state index in [1.54, 1.807) is 0 Å². The van der Waals surface area contributed by atoms with Crippen LogP contribution in [0.4, 0.5) is 11.6 Å². The van der Waals surface area contributed by atoms with Gasteiger partial charge in [-0.15, -0.1) is 12.4 Å². The van der Waals surface area contributed by atoms with Crippen molar-refractivity contribution in [3.63, 3.8) is 0 Å².